The van der Waals surface area contributed by atoms with E-state index in [0.717, 1.165) is 0 Å². The number of benzene rings is 6. The normalized spacial score (nSPS) is 11.9. The average molecular weight is 557 g/mol. The van der Waals surface area contributed by atoms with Crippen LogP contribution < -0.4 is 0 Å². The Kier molecular flexibility index (Phi) is 7.87. The molecule has 0 saturated heterocycles. The Bertz CT molecular complexity index is 1680. The lowest BCUT2D eigenvalue weighted by Gasteiger charge is -2.29. The summed E-state index contributed by atoms with van der Waals surface area (Å²) in [6.45, 7) is 9.31. The van der Waals surface area contributed by atoms with Crippen LogP contribution >= 0.6 is 0 Å². The number of hydrogen-bond acceptors (Lipinski definition) is 0. The molecule has 0 N–H and O–H groups in total. The van der Waals surface area contributed by atoms with E-state index in [2.05, 4.69) is 191 Å². The van der Waals surface area contributed by atoms with Crippen molar-refractivity contribution in [2.75, 3.05) is 0 Å². The molecule has 0 aromatic heterocycles. The summed E-state index contributed by atoms with van der Waals surface area (Å²) < 4.78 is 0. The SMILES string of the molecule is CC(C)(c1ccccc1)c1cccc(C(c2ccc(-c3ccccc3)cc2)c2cccc(C(C)(C)c3ccccc3)c2)c1. The highest BCUT2D eigenvalue weighted by molar-refractivity contribution is 5.64. The van der Waals surface area contributed by atoms with Crippen LogP contribution in [0, 0.1) is 0 Å². The lowest BCUT2D eigenvalue weighted by molar-refractivity contribution is 0.637. The topological polar surface area (TPSA) is 0 Å². The molecule has 0 aliphatic carbocycles. The first kappa shape index (κ1) is 28.4. The van der Waals surface area contributed by atoms with Gasteiger partial charge in [-0.1, -0.05) is 191 Å². The Morgan fingerprint density at radius 1 is 0.326 bits per heavy atom. The third-order valence-electron chi connectivity index (χ3n) is 9.23. The largest absolute Gasteiger partial charge is 0.0622 e. The molecule has 0 aliphatic heterocycles. The molecule has 6 aromatic rings. The molecule has 212 valence electrons. The molecule has 0 fully saturated rings. The highest BCUT2D eigenvalue weighted by Crippen LogP contribution is 2.39. The zero-order valence-electron chi connectivity index (χ0n) is 25.7. The molecule has 43 heavy (non-hydrogen) atoms. The molecule has 0 atom stereocenters. The van der Waals surface area contributed by atoms with Crippen LogP contribution in [0.15, 0.2) is 164 Å². The summed E-state index contributed by atoms with van der Waals surface area (Å²) in [7, 11) is 0. The minimum atomic E-state index is -0.115. The van der Waals surface area contributed by atoms with E-state index in [0.29, 0.717) is 0 Å². The van der Waals surface area contributed by atoms with Crippen molar-refractivity contribution in [1.29, 1.82) is 0 Å². The summed E-state index contributed by atoms with van der Waals surface area (Å²) in [5.74, 6) is 0.0999. The minimum Gasteiger partial charge on any atom is -0.0622 e. The molecular weight excluding hydrogens is 516 g/mol. The number of rotatable bonds is 8. The van der Waals surface area contributed by atoms with Crippen molar-refractivity contribution in [2.24, 2.45) is 0 Å². The number of hydrogen-bond donors (Lipinski definition) is 0. The van der Waals surface area contributed by atoms with Crippen molar-refractivity contribution in [3.8, 4) is 11.1 Å². The molecule has 0 aliphatic rings. The maximum atomic E-state index is 2.43. The summed E-state index contributed by atoms with van der Waals surface area (Å²) in [5.41, 5.74) is 11.4. The second-order valence-corrected chi connectivity index (χ2v) is 12.7. The van der Waals surface area contributed by atoms with Crippen LogP contribution in [-0.2, 0) is 10.8 Å². The van der Waals surface area contributed by atoms with Crippen molar-refractivity contribution in [3.63, 3.8) is 0 Å². The molecule has 0 amide bonds. The molecule has 0 heteroatoms. The average Bonchev–Trinajstić information content (AvgIpc) is 3.07. The minimum absolute atomic E-state index is 0.0999. The van der Waals surface area contributed by atoms with Gasteiger partial charge in [0.05, 0.1) is 0 Å². The van der Waals surface area contributed by atoms with E-state index in [4.69, 9.17) is 0 Å². The lowest BCUT2D eigenvalue weighted by atomic mass is 9.74. The van der Waals surface area contributed by atoms with E-state index in [1.165, 1.54) is 50.1 Å². The zero-order chi connectivity index (χ0) is 29.9. The van der Waals surface area contributed by atoms with Crippen LogP contribution in [0.25, 0.3) is 11.1 Å². The van der Waals surface area contributed by atoms with Crippen molar-refractivity contribution < 1.29 is 0 Å². The maximum absolute atomic E-state index is 2.43. The lowest BCUT2D eigenvalue weighted by Crippen LogP contribution is -2.20. The fourth-order valence-corrected chi connectivity index (χ4v) is 6.33. The molecule has 0 heterocycles. The van der Waals surface area contributed by atoms with Gasteiger partial charge >= 0.3 is 0 Å². The van der Waals surface area contributed by atoms with Crippen LogP contribution in [-0.4, -0.2) is 0 Å². The van der Waals surface area contributed by atoms with Crippen LogP contribution in [0.5, 0.6) is 0 Å². The standard InChI is InChI=1S/C43H40/c1-42(2,37-20-10-6-11-21-37)39-24-14-18-35(30-39)41(34-28-26-33(27-29-34)32-16-8-5-9-17-32)36-19-15-25-40(31-36)43(3,4)38-22-12-7-13-23-38/h5-31,41H,1-4H3. The van der Waals surface area contributed by atoms with Crippen molar-refractivity contribution in [3.05, 3.63) is 203 Å². The molecule has 0 spiro atoms. The Morgan fingerprint density at radius 3 is 1.14 bits per heavy atom. The van der Waals surface area contributed by atoms with E-state index < -0.39 is 0 Å². The van der Waals surface area contributed by atoms with Gasteiger partial charge in [-0.05, 0) is 50.1 Å². The first-order valence-electron chi connectivity index (χ1n) is 15.3. The molecule has 0 saturated carbocycles. The zero-order valence-corrected chi connectivity index (χ0v) is 25.7. The summed E-state index contributed by atoms with van der Waals surface area (Å²) >= 11 is 0. The quantitative estimate of drug-likeness (QED) is 0.164. The van der Waals surface area contributed by atoms with Crippen LogP contribution in [0.4, 0.5) is 0 Å². The van der Waals surface area contributed by atoms with Crippen molar-refractivity contribution in [2.45, 2.75) is 44.4 Å². The predicted molar refractivity (Wildman–Crippen MR) is 183 cm³/mol. The van der Waals surface area contributed by atoms with Crippen molar-refractivity contribution in [1.82, 2.24) is 0 Å². The van der Waals surface area contributed by atoms with Crippen LogP contribution in [0.3, 0.4) is 0 Å². The fraction of sp³-hybridized carbons (Fsp3) is 0.163. The smallest absolute Gasteiger partial charge is 0.0340 e. The Morgan fingerprint density at radius 2 is 0.698 bits per heavy atom. The van der Waals surface area contributed by atoms with E-state index in [-0.39, 0.29) is 16.7 Å². The summed E-state index contributed by atoms with van der Waals surface area (Å²) in [6, 6.07) is 60.0. The Labute approximate surface area is 257 Å². The van der Waals surface area contributed by atoms with Gasteiger partial charge in [0.15, 0.2) is 0 Å². The van der Waals surface area contributed by atoms with Gasteiger partial charge in [0.25, 0.3) is 0 Å². The highest BCUT2D eigenvalue weighted by Gasteiger charge is 2.27. The summed E-state index contributed by atoms with van der Waals surface area (Å²) in [4.78, 5) is 0. The van der Waals surface area contributed by atoms with E-state index >= 15 is 0 Å². The monoisotopic (exact) mass is 556 g/mol. The van der Waals surface area contributed by atoms with Gasteiger partial charge in [-0.25, -0.2) is 0 Å². The van der Waals surface area contributed by atoms with E-state index in [9.17, 15) is 0 Å². The van der Waals surface area contributed by atoms with Gasteiger partial charge in [-0.15, -0.1) is 0 Å². The molecule has 0 unspecified atom stereocenters. The molecule has 0 bridgehead atoms. The maximum Gasteiger partial charge on any atom is 0.0340 e. The second kappa shape index (κ2) is 11.9. The first-order valence-corrected chi connectivity index (χ1v) is 15.3. The highest BCUT2D eigenvalue weighted by atomic mass is 14.3. The molecule has 6 aromatic carbocycles. The van der Waals surface area contributed by atoms with Crippen LogP contribution in [0.2, 0.25) is 0 Å². The molecule has 6 rings (SSSR count). The van der Waals surface area contributed by atoms with Crippen molar-refractivity contribution >= 4 is 0 Å². The van der Waals surface area contributed by atoms with Gasteiger partial charge in [0, 0.05) is 16.7 Å². The van der Waals surface area contributed by atoms with Gasteiger partial charge in [0.1, 0.15) is 0 Å². The molecular formula is C43H40. The van der Waals surface area contributed by atoms with Gasteiger partial charge in [-0.3, -0.25) is 0 Å². The second-order valence-electron chi connectivity index (χ2n) is 12.7. The van der Waals surface area contributed by atoms with Gasteiger partial charge < -0.3 is 0 Å². The fourth-order valence-electron chi connectivity index (χ4n) is 6.33. The Hall–Kier alpha value is -4.68. The van der Waals surface area contributed by atoms with Crippen LogP contribution in [0.1, 0.15) is 72.6 Å². The Balaban J connectivity index is 1.47. The van der Waals surface area contributed by atoms with Gasteiger partial charge in [-0.2, -0.15) is 0 Å². The van der Waals surface area contributed by atoms with E-state index in [1.807, 2.05) is 0 Å². The third-order valence-corrected chi connectivity index (χ3v) is 9.23. The molecule has 0 nitrogen and oxygen atoms in total. The molecule has 0 radical (unpaired) electrons. The summed E-state index contributed by atoms with van der Waals surface area (Å²) in [5, 5.41) is 0. The first-order chi connectivity index (χ1) is 20.8. The van der Waals surface area contributed by atoms with E-state index in [1.54, 1.807) is 0 Å². The van der Waals surface area contributed by atoms with Gasteiger partial charge in [0.2, 0.25) is 0 Å². The third kappa shape index (κ3) is 5.84. The summed E-state index contributed by atoms with van der Waals surface area (Å²) in [6.07, 6.45) is 0. The predicted octanol–water partition coefficient (Wildman–Crippen LogP) is 11.2.